The number of aromatic nitrogens is 2. The van der Waals surface area contributed by atoms with Crippen LogP contribution in [-0.2, 0) is 16.6 Å². The highest BCUT2D eigenvalue weighted by Crippen LogP contribution is 2.17. The van der Waals surface area contributed by atoms with Gasteiger partial charge in [0.05, 0.1) is 5.69 Å². The van der Waals surface area contributed by atoms with Gasteiger partial charge in [0, 0.05) is 6.54 Å². The van der Waals surface area contributed by atoms with Gasteiger partial charge in [-0.2, -0.15) is 5.10 Å². The van der Waals surface area contributed by atoms with E-state index < -0.39 is 32.4 Å². The lowest BCUT2D eigenvalue weighted by Gasteiger charge is -2.07. The van der Waals surface area contributed by atoms with Crippen LogP contribution in [0.2, 0.25) is 0 Å². The number of aryl methyl sites for hydroxylation is 1. The van der Waals surface area contributed by atoms with Gasteiger partial charge in [0.25, 0.3) is 0 Å². The highest BCUT2D eigenvalue weighted by molar-refractivity contribution is 7.89. The van der Waals surface area contributed by atoms with Crippen molar-refractivity contribution in [2.45, 2.75) is 18.4 Å². The van der Waals surface area contributed by atoms with Gasteiger partial charge in [0.15, 0.2) is 5.69 Å². The van der Waals surface area contributed by atoms with E-state index in [1.165, 1.54) is 31.2 Å². The first-order valence-electron chi connectivity index (χ1n) is 5.83. The van der Waals surface area contributed by atoms with E-state index in [9.17, 15) is 17.6 Å². The first kappa shape index (κ1) is 15.1. The molecule has 0 saturated heterocycles. The van der Waals surface area contributed by atoms with Gasteiger partial charge in [0.2, 0.25) is 10.0 Å². The van der Waals surface area contributed by atoms with Gasteiger partial charge in [-0.3, -0.25) is 5.10 Å². The zero-order chi connectivity index (χ0) is 15.6. The van der Waals surface area contributed by atoms with E-state index in [1.807, 2.05) is 0 Å². The molecule has 112 valence electrons. The quantitative estimate of drug-likeness (QED) is 0.763. The molecule has 21 heavy (non-hydrogen) atoms. The predicted octanol–water partition coefficient (Wildman–Crippen LogP) is 1.03. The Kier molecular flexibility index (Phi) is 4.05. The molecule has 0 aliphatic carbocycles. The second-order valence-electron chi connectivity index (χ2n) is 4.28. The fourth-order valence-electron chi connectivity index (χ4n) is 1.75. The summed E-state index contributed by atoms with van der Waals surface area (Å²) >= 11 is 0. The van der Waals surface area contributed by atoms with Crippen LogP contribution < -0.4 is 4.72 Å². The van der Waals surface area contributed by atoms with Crippen LogP contribution in [0.3, 0.4) is 0 Å². The SMILES string of the molecule is Cc1[nH]nc(C(=O)O)c1S(=O)(=O)NCc1ccc(F)cc1. The number of hydrogen-bond donors (Lipinski definition) is 3. The smallest absolute Gasteiger partial charge is 0.357 e. The van der Waals surface area contributed by atoms with E-state index in [1.54, 1.807) is 0 Å². The average molecular weight is 313 g/mol. The monoisotopic (exact) mass is 313 g/mol. The van der Waals surface area contributed by atoms with Gasteiger partial charge in [-0.15, -0.1) is 0 Å². The number of carbonyl (C=O) groups is 1. The van der Waals surface area contributed by atoms with Gasteiger partial charge >= 0.3 is 5.97 Å². The van der Waals surface area contributed by atoms with Crippen LogP contribution in [0.25, 0.3) is 0 Å². The van der Waals surface area contributed by atoms with Crippen LogP contribution in [0.15, 0.2) is 29.2 Å². The molecule has 0 spiro atoms. The minimum atomic E-state index is -4.05. The molecule has 9 heteroatoms. The van der Waals surface area contributed by atoms with E-state index in [0.717, 1.165) is 0 Å². The molecule has 3 N–H and O–H groups in total. The third-order valence-electron chi connectivity index (χ3n) is 2.74. The van der Waals surface area contributed by atoms with Crippen molar-refractivity contribution in [1.29, 1.82) is 0 Å². The Bertz CT molecular complexity index is 768. The second kappa shape index (κ2) is 5.62. The molecule has 2 aromatic rings. The highest BCUT2D eigenvalue weighted by atomic mass is 32.2. The maximum atomic E-state index is 12.8. The van der Waals surface area contributed by atoms with E-state index in [-0.39, 0.29) is 12.2 Å². The zero-order valence-electron chi connectivity index (χ0n) is 10.9. The summed E-state index contributed by atoms with van der Waals surface area (Å²) in [6.07, 6.45) is 0. The molecule has 2 rings (SSSR count). The van der Waals surface area contributed by atoms with Crippen LogP contribution in [0.5, 0.6) is 0 Å². The molecule has 0 saturated carbocycles. The standard InChI is InChI=1S/C12H12FN3O4S/c1-7-11(10(12(17)18)16-15-7)21(19,20)14-6-8-2-4-9(13)5-3-8/h2-5,14H,6H2,1H3,(H,15,16)(H,17,18). The van der Waals surface area contributed by atoms with Gasteiger partial charge in [0.1, 0.15) is 10.7 Å². The average Bonchev–Trinajstić information content (AvgIpc) is 2.81. The minimum absolute atomic E-state index is 0.0910. The molecule has 0 unspecified atom stereocenters. The lowest BCUT2D eigenvalue weighted by atomic mass is 10.2. The number of benzene rings is 1. The Hall–Kier alpha value is -2.26. The fraction of sp³-hybridized carbons (Fsp3) is 0.167. The number of H-pyrrole nitrogens is 1. The zero-order valence-corrected chi connectivity index (χ0v) is 11.7. The molecular weight excluding hydrogens is 301 g/mol. The number of halogens is 1. The molecule has 0 aliphatic rings. The maximum Gasteiger partial charge on any atom is 0.357 e. The molecule has 0 atom stereocenters. The van der Waals surface area contributed by atoms with Crippen molar-refractivity contribution in [3.63, 3.8) is 0 Å². The molecule has 1 aromatic heterocycles. The lowest BCUT2D eigenvalue weighted by molar-refractivity contribution is 0.0686. The third kappa shape index (κ3) is 3.26. The Morgan fingerprint density at radius 1 is 1.38 bits per heavy atom. The van der Waals surface area contributed by atoms with Crippen molar-refractivity contribution >= 4 is 16.0 Å². The number of carboxylic acids is 1. The number of aromatic carboxylic acids is 1. The van der Waals surface area contributed by atoms with E-state index in [0.29, 0.717) is 5.56 Å². The molecule has 0 amide bonds. The summed E-state index contributed by atoms with van der Waals surface area (Å²) in [6.45, 7) is 1.32. The van der Waals surface area contributed by atoms with Crippen molar-refractivity contribution in [1.82, 2.24) is 14.9 Å². The fourth-order valence-corrected chi connectivity index (χ4v) is 3.08. The molecule has 0 fully saturated rings. The number of sulfonamides is 1. The Morgan fingerprint density at radius 2 is 2.00 bits per heavy atom. The summed E-state index contributed by atoms with van der Waals surface area (Å²) < 4.78 is 39.4. The predicted molar refractivity (Wildman–Crippen MR) is 70.7 cm³/mol. The van der Waals surface area contributed by atoms with Crippen molar-refractivity contribution < 1.29 is 22.7 Å². The molecule has 0 aliphatic heterocycles. The molecular formula is C12H12FN3O4S. The topological polar surface area (TPSA) is 112 Å². The summed E-state index contributed by atoms with van der Waals surface area (Å²) in [7, 11) is -4.05. The molecule has 7 nitrogen and oxygen atoms in total. The lowest BCUT2D eigenvalue weighted by Crippen LogP contribution is -2.25. The van der Waals surface area contributed by atoms with Crippen LogP contribution in [-0.4, -0.2) is 29.7 Å². The minimum Gasteiger partial charge on any atom is -0.476 e. The van der Waals surface area contributed by atoms with Crippen LogP contribution in [0, 0.1) is 12.7 Å². The number of nitrogens with one attached hydrogen (secondary N) is 2. The van der Waals surface area contributed by atoms with Gasteiger partial charge < -0.3 is 5.11 Å². The molecule has 1 aromatic carbocycles. The van der Waals surface area contributed by atoms with Gasteiger partial charge in [-0.25, -0.2) is 22.3 Å². The molecule has 0 radical (unpaired) electrons. The van der Waals surface area contributed by atoms with Gasteiger partial charge in [-0.1, -0.05) is 12.1 Å². The van der Waals surface area contributed by atoms with Crippen molar-refractivity contribution in [2.24, 2.45) is 0 Å². The first-order chi connectivity index (χ1) is 9.81. The van der Waals surface area contributed by atoms with Crippen molar-refractivity contribution in [2.75, 3.05) is 0 Å². The number of rotatable bonds is 5. The summed E-state index contributed by atoms with van der Waals surface area (Å²) in [5.74, 6) is -1.87. The number of nitrogens with zero attached hydrogens (tertiary/aromatic N) is 1. The first-order valence-corrected chi connectivity index (χ1v) is 7.32. The summed E-state index contributed by atoms with van der Waals surface area (Å²) in [4.78, 5) is 10.6. The molecule has 0 bridgehead atoms. The summed E-state index contributed by atoms with van der Waals surface area (Å²) in [5.41, 5.74) is 0.0936. The number of hydrogen-bond acceptors (Lipinski definition) is 4. The Labute approximate surface area is 119 Å². The van der Waals surface area contributed by atoms with Crippen molar-refractivity contribution in [3.05, 3.63) is 47.0 Å². The summed E-state index contributed by atoms with van der Waals surface area (Å²) in [5, 5.41) is 14.7. The molecule has 1 heterocycles. The van der Waals surface area contributed by atoms with E-state index in [4.69, 9.17) is 5.11 Å². The van der Waals surface area contributed by atoms with Crippen LogP contribution >= 0.6 is 0 Å². The Balaban J connectivity index is 2.25. The highest BCUT2D eigenvalue weighted by Gasteiger charge is 2.27. The van der Waals surface area contributed by atoms with Crippen LogP contribution in [0.1, 0.15) is 21.7 Å². The largest absolute Gasteiger partial charge is 0.476 e. The summed E-state index contributed by atoms with van der Waals surface area (Å²) in [6, 6.07) is 5.27. The maximum absolute atomic E-state index is 12.8. The normalized spacial score (nSPS) is 11.5. The van der Waals surface area contributed by atoms with E-state index >= 15 is 0 Å². The van der Waals surface area contributed by atoms with Crippen LogP contribution in [0.4, 0.5) is 4.39 Å². The number of aromatic amines is 1. The third-order valence-corrected chi connectivity index (χ3v) is 4.30. The van der Waals surface area contributed by atoms with Crippen molar-refractivity contribution in [3.8, 4) is 0 Å². The number of carboxylic acid groups (broad SMARTS) is 1. The van der Waals surface area contributed by atoms with E-state index in [2.05, 4.69) is 14.9 Å². The van der Waals surface area contributed by atoms with Gasteiger partial charge in [-0.05, 0) is 24.6 Å². The Morgan fingerprint density at radius 3 is 2.57 bits per heavy atom. The second-order valence-corrected chi connectivity index (χ2v) is 5.99.